The smallest absolute Gasteiger partial charge is 0.129 e. The van der Waals surface area contributed by atoms with Gasteiger partial charge in [-0.15, -0.1) is 0 Å². The van der Waals surface area contributed by atoms with Crippen molar-refractivity contribution in [2.24, 2.45) is 0 Å². The summed E-state index contributed by atoms with van der Waals surface area (Å²) in [5.74, 6) is -0.300. The van der Waals surface area contributed by atoms with Gasteiger partial charge in [-0.2, -0.15) is 5.10 Å². The van der Waals surface area contributed by atoms with Crippen LogP contribution in [0.2, 0.25) is 5.02 Å². The molecule has 0 saturated carbocycles. The zero-order valence-electron chi connectivity index (χ0n) is 10.4. The predicted octanol–water partition coefficient (Wildman–Crippen LogP) is 2.75. The zero-order chi connectivity index (χ0) is 13.1. The summed E-state index contributed by atoms with van der Waals surface area (Å²) in [5, 5.41) is 7.86. The first-order valence-electron chi connectivity index (χ1n) is 5.72. The van der Waals surface area contributed by atoms with E-state index in [4.69, 9.17) is 11.6 Å². The van der Waals surface area contributed by atoms with Crippen molar-refractivity contribution in [3.63, 3.8) is 0 Å². The topological polar surface area (TPSA) is 29.9 Å². The van der Waals surface area contributed by atoms with Crippen molar-refractivity contribution in [1.82, 2.24) is 15.1 Å². The lowest BCUT2D eigenvalue weighted by Crippen LogP contribution is -2.05. The Balaban J connectivity index is 2.26. The Morgan fingerprint density at radius 3 is 2.89 bits per heavy atom. The number of nitrogens with zero attached hydrogens (tertiary/aromatic N) is 2. The van der Waals surface area contributed by atoms with Crippen LogP contribution < -0.4 is 5.32 Å². The van der Waals surface area contributed by atoms with Crippen LogP contribution in [0, 0.1) is 12.7 Å². The lowest BCUT2D eigenvalue weighted by Gasteiger charge is -2.05. The molecule has 2 aromatic rings. The number of hydrogen-bond acceptors (Lipinski definition) is 2. The van der Waals surface area contributed by atoms with E-state index in [9.17, 15) is 4.39 Å². The van der Waals surface area contributed by atoms with Gasteiger partial charge in [-0.25, -0.2) is 4.39 Å². The molecule has 0 aliphatic carbocycles. The van der Waals surface area contributed by atoms with Crippen LogP contribution in [0.25, 0.3) is 0 Å². The summed E-state index contributed by atoms with van der Waals surface area (Å²) >= 11 is 5.99. The van der Waals surface area contributed by atoms with Crippen molar-refractivity contribution < 1.29 is 4.39 Å². The number of hydrogen-bond donors (Lipinski definition) is 1. The first-order valence-corrected chi connectivity index (χ1v) is 6.10. The molecule has 0 saturated heterocycles. The molecule has 1 aromatic carbocycles. The third-order valence-electron chi connectivity index (χ3n) is 2.80. The molecule has 2 rings (SSSR count). The summed E-state index contributed by atoms with van der Waals surface area (Å²) in [6, 6.07) is 4.69. The standard InChI is InChI=1S/C13H15ClFN3/c1-9-10(6-16-2)7-18(17-9)8-11-12(14)4-3-5-13(11)15/h3-5,7,16H,6,8H2,1-2H3. The largest absolute Gasteiger partial charge is 0.316 e. The highest BCUT2D eigenvalue weighted by atomic mass is 35.5. The fraction of sp³-hybridized carbons (Fsp3) is 0.308. The third kappa shape index (κ3) is 2.71. The van der Waals surface area contributed by atoms with Gasteiger partial charge in [0.2, 0.25) is 0 Å². The second kappa shape index (κ2) is 5.50. The maximum absolute atomic E-state index is 13.7. The minimum atomic E-state index is -0.300. The van der Waals surface area contributed by atoms with E-state index in [0.29, 0.717) is 17.1 Å². The molecule has 0 radical (unpaired) electrons. The monoisotopic (exact) mass is 267 g/mol. The van der Waals surface area contributed by atoms with Crippen LogP contribution in [0.15, 0.2) is 24.4 Å². The molecule has 0 amide bonds. The lowest BCUT2D eigenvalue weighted by molar-refractivity contribution is 0.584. The lowest BCUT2D eigenvalue weighted by atomic mass is 10.2. The highest BCUT2D eigenvalue weighted by molar-refractivity contribution is 6.31. The fourth-order valence-corrected chi connectivity index (χ4v) is 2.07. The molecule has 1 aromatic heterocycles. The van der Waals surface area contributed by atoms with Crippen LogP contribution in [0.3, 0.4) is 0 Å². The van der Waals surface area contributed by atoms with E-state index < -0.39 is 0 Å². The summed E-state index contributed by atoms with van der Waals surface area (Å²) in [6.07, 6.45) is 1.91. The molecular weight excluding hydrogens is 253 g/mol. The number of aryl methyl sites for hydroxylation is 1. The van der Waals surface area contributed by atoms with Crippen LogP contribution in [0.5, 0.6) is 0 Å². The number of nitrogens with one attached hydrogen (secondary N) is 1. The van der Waals surface area contributed by atoms with Crippen molar-refractivity contribution in [3.05, 3.63) is 52.1 Å². The molecule has 0 bridgehead atoms. The maximum Gasteiger partial charge on any atom is 0.129 e. The van der Waals surface area contributed by atoms with Gasteiger partial charge in [0.15, 0.2) is 0 Å². The molecule has 5 heteroatoms. The summed E-state index contributed by atoms with van der Waals surface area (Å²) in [5.41, 5.74) is 2.51. The van der Waals surface area contributed by atoms with E-state index in [2.05, 4.69) is 10.4 Å². The molecule has 96 valence electrons. The summed E-state index contributed by atoms with van der Waals surface area (Å²) in [4.78, 5) is 0. The van der Waals surface area contributed by atoms with Gasteiger partial charge in [0.05, 0.1) is 12.2 Å². The Morgan fingerprint density at radius 2 is 2.22 bits per heavy atom. The van der Waals surface area contributed by atoms with Gasteiger partial charge in [-0.3, -0.25) is 4.68 Å². The van der Waals surface area contributed by atoms with E-state index in [1.54, 1.807) is 16.8 Å². The molecule has 0 unspecified atom stereocenters. The second-order valence-electron chi connectivity index (χ2n) is 4.17. The summed E-state index contributed by atoms with van der Waals surface area (Å²) < 4.78 is 15.4. The molecular formula is C13H15ClFN3. The fourth-order valence-electron chi connectivity index (χ4n) is 1.85. The number of benzene rings is 1. The van der Waals surface area contributed by atoms with Gasteiger partial charge < -0.3 is 5.32 Å². The van der Waals surface area contributed by atoms with E-state index in [0.717, 1.165) is 17.8 Å². The van der Waals surface area contributed by atoms with Crippen LogP contribution in [-0.2, 0) is 13.1 Å². The minimum absolute atomic E-state index is 0.300. The molecule has 3 nitrogen and oxygen atoms in total. The molecule has 1 heterocycles. The predicted molar refractivity (Wildman–Crippen MR) is 70.2 cm³/mol. The molecule has 0 atom stereocenters. The van der Waals surface area contributed by atoms with Gasteiger partial charge in [0, 0.05) is 28.9 Å². The van der Waals surface area contributed by atoms with E-state index in [1.807, 2.05) is 20.2 Å². The number of halogens is 2. The Morgan fingerprint density at radius 1 is 1.44 bits per heavy atom. The van der Waals surface area contributed by atoms with Crippen molar-refractivity contribution in [2.45, 2.75) is 20.0 Å². The highest BCUT2D eigenvalue weighted by Crippen LogP contribution is 2.20. The van der Waals surface area contributed by atoms with E-state index >= 15 is 0 Å². The third-order valence-corrected chi connectivity index (χ3v) is 3.15. The number of aromatic nitrogens is 2. The van der Waals surface area contributed by atoms with Gasteiger partial charge in [-0.1, -0.05) is 17.7 Å². The Hall–Kier alpha value is -1.39. The number of rotatable bonds is 4. The quantitative estimate of drug-likeness (QED) is 0.923. The first-order chi connectivity index (χ1) is 8.61. The van der Waals surface area contributed by atoms with Gasteiger partial charge in [0.25, 0.3) is 0 Å². The molecule has 0 fully saturated rings. The van der Waals surface area contributed by atoms with Gasteiger partial charge in [0.1, 0.15) is 5.82 Å². The SMILES string of the molecule is CNCc1cn(Cc2c(F)cccc2Cl)nc1C. The molecule has 18 heavy (non-hydrogen) atoms. The normalized spacial score (nSPS) is 10.9. The molecule has 0 spiro atoms. The minimum Gasteiger partial charge on any atom is -0.316 e. The average molecular weight is 268 g/mol. The summed E-state index contributed by atoms with van der Waals surface area (Å²) in [7, 11) is 1.88. The average Bonchev–Trinajstić information content (AvgIpc) is 2.66. The molecule has 1 N–H and O–H groups in total. The molecule has 0 aliphatic rings. The van der Waals surface area contributed by atoms with E-state index in [1.165, 1.54) is 6.07 Å². The van der Waals surface area contributed by atoms with Crippen molar-refractivity contribution in [3.8, 4) is 0 Å². The Bertz CT molecular complexity index is 531. The second-order valence-corrected chi connectivity index (χ2v) is 4.58. The van der Waals surface area contributed by atoms with Crippen molar-refractivity contribution >= 4 is 11.6 Å². The molecule has 0 aliphatic heterocycles. The van der Waals surface area contributed by atoms with Crippen LogP contribution in [-0.4, -0.2) is 16.8 Å². The zero-order valence-corrected chi connectivity index (χ0v) is 11.1. The van der Waals surface area contributed by atoms with Crippen molar-refractivity contribution in [1.29, 1.82) is 0 Å². The van der Waals surface area contributed by atoms with Crippen LogP contribution in [0.1, 0.15) is 16.8 Å². The Kier molecular flexibility index (Phi) is 3.99. The van der Waals surface area contributed by atoms with Gasteiger partial charge in [-0.05, 0) is 26.1 Å². The van der Waals surface area contributed by atoms with Crippen LogP contribution in [0.4, 0.5) is 4.39 Å². The van der Waals surface area contributed by atoms with Gasteiger partial charge >= 0.3 is 0 Å². The van der Waals surface area contributed by atoms with E-state index in [-0.39, 0.29) is 5.82 Å². The Labute approximate surface area is 111 Å². The van der Waals surface area contributed by atoms with Crippen LogP contribution >= 0.6 is 11.6 Å². The maximum atomic E-state index is 13.7. The first kappa shape index (κ1) is 13.1. The summed E-state index contributed by atoms with van der Waals surface area (Å²) in [6.45, 7) is 3.03. The van der Waals surface area contributed by atoms with Crippen molar-refractivity contribution in [2.75, 3.05) is 7.05 Å². The highest BCUT2D eigenvalue weighted by Gasteiger charge is 2.10.